The number of carbonyl (C=O) groups excluding carboxylic acids is 1. The van der Waals surface area contributed by atoms with Crippen LogP contribution in [0.5, 0.6) is 0 Å². The highest BCUT2D eigenvalue weighted by atomic mass is 28.4. The maximum Gasteiger partial charge on any atom is 0.330 e. The summed E-state index contributed by atoms with van der Waals surface area (Å²) in [5, 5.41) is 2.59. The maximum absolute atomic E-state index is 11.8. The summed E-state index contributed by atoms with van der Waals surface area (Å²) in [5.41, 5.74) is -0.0937. The number of methoxy groups -OCH3 is 1. The van der Waals surface area contributed by atoms with Gasteiger partial charge in [-0.25, -0.2) is 4.79 Å². The predicted octanol–water partition coefficient (Wildman–Crippen LogP) is 5.73. The van der Waals surface area contributed by atoms with Crippen molar-refractivity contribution in [1.82, 2.24) is 0 Å². The second-order valence-corrected chi connectivity index (χ2v) is 15.5. The smallest absolute Gasteiger partial charge is 0.330 e. The van der Waals surface area contributed by atoms with E-state index >= 15 is 0 Å². The van der Waals surface area contributed by atoms with Crippen molar-refractivity contribution in [2.45, 2.75) is 59.4 Å². The summed E-state index contributed by atoms with van der Waals surface area (Å²) in [6, 6.07) is 21.6. The number of hydrogen-bond donors (Lipinski definition) is 0. The maximum atomic E-state index is 11.8. The summed E-state index contributed by atoms with van der Waals surface area (Å²) in [7, 11) is -1.13. The molecule has 2 unspecified atom stereocenters. The Morgan fingerprint density at radius 1 is 1.00 bits per heavy atom. The highest BCUT2D eigenvalue weighted by Gasteiger charge is 2.54. The van der Waals surface area contributed by atoms with Crippen LogP contribution in [0.4, 0.5) is 0 Å². The fourth-order valence-electron chi connectivity index (χ4n) is 5.52. The van der Waals surface area contributed by atoms with Crippen LogP contribution >= 0.6 is 0 Å². The van der Waals surface area contributed by atoms with Gasteiger partial charge in [0.05, 0.1) is 7.11 Å². The molecule has 1 fully saturated rings. The largest absolute Gasteiger partial charge is 0.466 e. The summed E-state index contributed by atoms with van der Waals surface area (Å²) in [4.78, 5) is 11.8. The Balaban J connectivity index is 1.97. The van der Waals surface area contributed by atoms with E-state index in [2.05, 4.69) is 108 Å². The minimum Gasteiger partial charge on any atom is -0.466 e. The Kier molecular flexibility index (Phi) is 7.40. The van der Waals surface area contributed by atoms with Gasteiger partial charge in [-0.15, -0.1) is 0 Å². The van der Waals surface area contributed by atoms with E-state index in [4.69, 9.17) is 9.16 Å². The molecule has 3 nitrogen and oxygen atoms in total. The zero-order valence-electron chi connectivity index (χ0n) is 21.4. The molecule has 178 valence electrons. The molecule has 1 saturated carbocycles. The molecule has 2 aromatic carbocycles. The highest BCUT2D eigenvalue weighted by Crippen LogP contribution is 2.57. The number of ether oxygens (including phenoxy) is 1. The average Bonchev–Trinajstić information content (AvgIpc) is 3.02. The summed E-state index contributed by atoms with van der Waals surface area (Å²) in [5.74, 6) is 0.102. The number of esters is 1. The van der Waals surface area contributed by atoms with Crippen molar-refractivity contribution < 1.29 is 14.0 Å². The van der Waals surface area contributed by atoms with Gasteiger partial charge in [-0.3, -0.25) is 0 Å². The van der Waals surface area contributed by atoms with E-state index in [0.717, 1.165) is 12.8 Å². The quantitative estimate of drug-likeness (QED) is 0.298. The van der Waals surface area contributed by atoms with Crippen molar-refractivity contribution in [3.63, 3.8) is 0 Å². The zero-order chi connectivity index (χ0) is 24.3. The van der Waals surface area contributed by atoms with Gasteiger partial charge in [-0.1, -0.05) is 108 Å². The van der Waals surface area contributed by atoms with Gasteiger partial charge in [0, 0.05) is 12.7 Å². The summed E-state index contributed by atoms with van der Waals surface area (Å²) >= 11 is 0. The van der Waals surface area contributed by atoms with Crippen LogP contribution in [0.25, 0.3) is 0 Å². The molecule has 0 amide bonds. The van der Waals surface area contributed by atoms with Crippen LogP contribution in [0.1, 0.15) is 54.4 Å². The molecule has 1 aliphatic carbocycles. The SMILES string of the molecule is COC(=O)/C=C/C1(C)CCC(CO[Si](c2ccccc2)(c2ccccc2)C(C)(C)C)C1(C)C. The third kappa shape index (κ3) is 4.74. The second kappa shape index (κ2) is 9.59. The fourth-order valence-corrected chi connectivity index (χ4v) is 10.1. The fraction of sp³-hybridized carbons (Fsp3) is 0.483. The minimum absolute atomic E-state index is 0.0110. The monoisotopic (exact) mass is 464 g/mol. The number of benzene rings is 2. The van der Waals surface area contributed by atoms with E-state index in [1.165, 1.54) is 17.5 Å². The molecular formula is C29H40O3Si. The van der Waals surface area contributed by atoms with E-state index in [1.54, 1.807) is 6.08 Å². The molecule has 2 atom stereocenters. The third-order valence-corrected chi connectivity index (χ3v) is 13.2. The Labute approximate surface area is 201 Å². The first-order chi connectivity index (χ1) is 15.5. The van der Waals surface area contributed by atoms with Crippen molar-refractivity contribution in [1.29, 1.82) is 0 Å². The third-order valence-electron chi connectivity index (χ3n) is 8.21. The van der Waals surface area contributed by atoms with Gasteiger partial charge in [-0.2, -0.15) is 0 Å². The Hall–Kier alpha value is -2.17. The van der Waals surface area contributed by atoms with Crippen molar-refractivity contribution in [3.8, 4) is 0 Å². The first-order valence-electron chi connectivity index (χ1n) is 12.0. The lowest BCUT2D eigenvalue weighted by molar-refractivity contribution is -0.134. The number of allylic oxidation sites excluding steroid dienone is 1. The van der Waals surface area contributed by atoms with Gasteiger partial charge < -0.3 is 9.16 Å². The van der Waals surface area contributed by atoms with Crippen molar-refractivity contribution in [2.24, 2.45) is 16.7 Å². The Morgan fingerprint density at radius 3 is 1.97 bits per heavy atom. The van der Waals surface area contributed by atoms with Crippen LogP contribution in [0.15, 0.2) is 72.8 Å². The summed E-state index contributed by atoms with van der Waals surface area (Å²) in [6.07, 6.45) is 5.75. The molecule has 3 rings (SSSR count). The summed E-state index contributed by atoms with van der Waals surface area (Å²) in [6.45, 7) is 14.6. The van der Waals surface area contributed by atoms with Gasteiger partial charge in [-0.05, 0) is 45.0 Å². The molecule has 0 heterocycles. The number of rotatable bonds is 7. The van der Waals surface area contributed by atoms with Gasteiger partial charge in [0.15, 0.2) is 0 Å². The lowest BCUT2D eigenvalue weighted by Crippen LogP contribution is -2.67. The van der Waals surface area contributed by atoms with Crippen LogP contribution in [0.2, 0.25) is 5.04 Å². The Bertz CT molecular complexity index is 920. The van der Waals surface area contributed by atoms with Crippen LogP contribution in [0, 0.1) is 16.7 Å². The van der Waals surface area contributed by atoms with E-state index < -0.39 is 8.32 Å². The number of hydrogen-bond acceptors (Lipinski definition) is 3. The van der Waals surface area contributed by atoms with Gasteiger partial charge in [0.1, 0.15) is 0 Å². The minimum atomic E-state index is -2.56. The van der Waals surface area contributed by atoms with Crippen LogP contribution in [-0.4, -0.2) is 28.0 Å². The molecule has 0 N–H and O–H groups in total. The lowest BCUT2D eigenvalue weighted by atomic mass is 9.66. The molecule has 2 aromatic rings. The predicted molar refractivity (Wildman–Crippen MR) is 139 cm³/mol. The van der Waals surface area contributed by atoms with Gasteiger partial charge in [0.25, 0.3) is 8.32 Å². The molecule has 0 aromatic heterocycles. The van der Waals surface area contributed by atoms with Gasteiger partial charge in [0.2, 0.25) is 0 Å². The van der Waals surface area contributed by atoms with E-state index in [-0.39, 0.29) is 21.8 Å². The molecule has 0 saturated heterocycles. The molecule has 0 aliphatic heterocycles. The van der Waals surface area contributed by atoms with Crippen molar-refractivity contribution in [2.75, 3.05) is 13.7 Å². The highest BCUT2D eigenvalue weighted by molar-refractivity contribution is 6.99. The molecule has 0 radical (unpaired) electrons. The first-order valence-corrected chi connectivity index (χ1v) is 13.9. The standard InChI is InChI=1S/C29H40O3Si/c1-27(2,3)33(24-14-10-8-11-15-24,25-16-12-9-13-17-25)32-22-23-18-20-29(6,28(23,4)5)21-19-26(30)31-7/h8-17,19,21,23H,18,20,22H2,1-7H3/b21-19+. The van der Waals surface area contributed by atoms with Crippen LogP contribution in [-0.2, 0) is 14.0 Å². The normalized spacial score (nSPS) is 23.1. The van der Waals surface area contributed by atoms with E-state index in [1.807, 2.05) is 0 Å². The number of carbonyl (C=O) groups is 1. The second-order valence-electron chi connectivity index (χ2n) is 11.2. The van der Waals surface area contributed by atoms with E-state index in [0.29, 0.717) is 12.5 Å². The van der Waals surface area contributed by atoms with E-state index in [9.17, 15) is 4.79 Å². The zero-order valence-corrected chi connectivity index (χ0v) is 22.4. The topological polar surface area (TPSA) is 35.5 Å². The van der Waals surface area contributed by atoms with Crippen LogP contribution < -0.4 is 10.4 Å². The van der Waals surface area contributed by atoms with Crippen LogP contribution in [0.3, 0.4) is 0 Å². The molecule has 0 spiro atoms. The van der Waals surface area contributed by atoms with Gasteiger partial charge >= 0.3 is 5.97 Å². The molecule has 0 bridgehead atoms. The lowest BCUT2D eigenvalue weighted by Gasteiger charge is -2.45. The molecule has 33 heavy (non-hydrogen) atoms. The molecular weight excluding hydrogens is 424 g/mol. The summed E-state index contributed by atoms with van der Waals surface area (Å²) < 4.78 is 12.1. The Morgan fingerprint density at radius 2 is 1.52 bits per heavy atom. The molecule has 4 heteroatoms. The average molecular weight is 465 g/mol. The van der Waals surface area contributed by atoms with Crippen molar-refractivity contribution >= 4 is 24.7 Å². The first kappa shape index (κ1) is 25.4. The molecule has 1 aliphatic rings. The van der Waals surface area contributed by atoms with Crippen molar-refractivity contribution in [3.05, 3.63) is 72.8 Å².